The number of hydrogen-bond donors (Lipinski definition) is 3. The van der Waals surface area contributed by atoms with Crippen LogP contribution in [0.5, 0.6) is 5.75 Å². The zero-order valence-electron chi connectivity index (χ0n) is 8.54. The molecule has 0 spiro atoms. The fourth-order valence-electron chi connectivity index (χ4n) is 1.75. The molecule has 0 bridgehead atoms. The molecule has 3 N–H and O–H groups in total. The zero-order chi connectivity index (χ0) is 12.6. The first kappa shape index (κ1) is 10.9. The van der Waals surface area contributed by atoms with Crippen LogP contribution in [-0.4, -0.2) is 27.3 Å². The van der Waals surface area contributed by atoms with E-state index in [0.717, 1.165) is 0 Å². The fraction of sp³-hybridized carbons (Fsp3) is 0. The summed E-state index contributed by atoms with van der Waals surface area (Å²) in [4.78, 5) is 22.1. The molecule has 17 heavy (non-hydrogen) atoms. The van der Waals surface area contributed by atoms with Gasteiger partial charge >= 0.3 is 11.9 Å². The minimum Gasteiger partial charge on any atom is -0.507 e. The Labute approximate surface area is 95.5 Å². The van der Waals surface area contributed by atoms with Gasteiger partial charge in [-0.1, -0.05) is 12.1 Å². The van der Waals surface area contributed by atoms with E-state index in [2.05, 4.69) is 0 Å². The Hall–Kier alpha value is -2.56. The number of hydrogen-bond acceptors (Lipinski definition) is 3. The SMILES string of the molecule is O=C(O)c1cccc2c(O)ccc(C(=O)O)c12. The van der Waals surface area contributed by atoms with E-state index in [4.69, 9.17) is 10.2 Å². The van der Waals surface area contributed by atoms with Gasteiger partial charge in [0.1, 0.15) is 5.75 Å². The Morgan fingerprint density at radius 2 is 1.47 bits per heavy atom. The van der Waals surface area contributed by atoms with Crippen LogP contribution in [0.3, 0.4) is 0 Å². The van der Waals surface area contributed by atoms with Gasteiger partial charge in [0, 0.05) is 10.8 Å². The number of phenols is 1. The lowest BCUT2D eigenvalue weighted by Gasteiger charge is -2.07. The predicted octanol–water partition coefficient (Wildman–Crippen LogP) is 1.94. The number of phenolic OH excluding ortho intramolecular Hbond substituents is 1. The number of fused-ring (bicyclic) bond motifs is 1. The first-order valence-electron chi connectivity index (χ1n) is 4.73. The summed E-state index contributed by atoms with van der Waals surface area (Å²) in [6.45, 7) is 0. The van der Waals surface area contributed by atoms with E-state index in [9.17, 15) is 14.7 Å². The lowest BCUT2D eigenvalue weighted by atomic mass is 9.98. The molecule has 0 heterocycles. The van der Waals surface area contributed by atoms with Crippen molar-refractivity contribution in [3.05, 3.63) is 41.5 Å². The second-order valence-corrected chi connectivity index (χ2v) is 3.47. The first-order chi connectivity index (χ1) is 8.02. The van der Waals surface area contributed by atoms with Crippen molar-refractivity contribution >= 4 is 22.7 Å². The van der Waals surface area contributed by atoms with Gasteiger partial charge in [-0.05, 0) is 18.2 Å². The summed E-state index contributed by atoms with van der Waals surface area (Å²) in [5, 5.41) is 27.9. The second-order valence-electron chi connectivity index (χ2n) is 3.47. The quantitative estimate of drug-likeness (QED) is 0.735. The third-order valence-corrected chi connectivity index (χ3v) is 2.48. The highest BCUT2D eigenvalue weighted by Gasteiger charge is 2.17. The summed E-state index contributed by atoms with van der Waals surface area (Å²) in [5.41, 5.74) is -0.286. The largest absolute Gasteiger partial charge is 0.507 e. The van der Waals surface area contributed by atoms with Crippen molar-refractivity contribution in [1.82, 2.24) is 0 Å². The molecule has 0 fully saturated rings. The third kappa shape index (κ3) is 1.67. The normalized spacial score (nSPS) is 10.4. The average molecular weight is 232 g/mol. The van der Waals surface area contributed by atoms with Crippen LogP contribution >= 0.6 is 0 Å². The Kier molecular flexibility index (Phi) is 2.44. The molecule has 2 aromatic carbocycles. The van der Waals surface area contributed by atoms with Crippen molar-refractivity contribution in [3.8, 4) is 5.75 Å². The molecule has 0 amide bonds. The van der Waals surface area contributed by atoms with Crippen LogP contribution in [0, 0.1) is 0 Å². The molecule has 0 aromatic heterocycles. The Morgan fingerprint density at radius 1 is 0.882 bits per heavy atom. The van der Waals surface area contributed by atoms with Crippen molar-refractivity contribution in [2.45, 2.75) is 0 Å². The van der Waals surface area contributed by atoms with Crippen LogP contribution in [0.2, 0.25) is 0 Å². The summed E-state index contributed by atoms with van der Waals surface area (Å²) in [7, 11) is 0. The molecule has 0 unspecified atom stereocenters. The molecule has 0 aliphatic carbocycles. The van der Waals surface area contributed by atoms with E-state index >= 15 is 0 Å². The molecule has 0 radical (unpaired) electrons. The Bertz CT molecular complexity index is 610. The van der Waals surface area contributed by atoms with Crippen molar-refractivity contribution in [2.75, 3.05) is 0 Å². The first-order valence-corrected chi connectivity index (χ1v) is 4.73. The highest BCUT2D eigenvalue weighted by Crippen LogP contribution is 2.30. The van der Waals surface area contributed by atoms with Gasteiger partial charge in [-0.2, -0.15) is 0 Å². The van der Waals surface area contributed by atoms with Crippen LogP contribution in [0.15, 0.2) is 30.3 Å². The number of rotatable bonds is 2. The topological polar surface area (TPSA) is 94.8 Å². The summed E-state index contributed by atoms with van der Waals surface area (Å²) in [5.74, 6) is -2.61. The molecule has 0 atom stereocenters. The lowest BCUT2D eigenvalue weighted by Crippen LogP contribution is -2.03. The second kappa shape index (κ2) is 3.79. The van der Waals surface area contributed by atoms with Gasteiger partial charge in [-0.25, -0.2) is 9.59 Å². The number of carbonyl (C=O) groups is 2. The van der Waals surface area contributed by atoms with Gasteiger partial charge in [-0.15, -0.1) is 0 Å². The molecule has 5 nitrogen and oxygen atoms in total. The van der Waals surface area contributed by atoms with Crippen molar-refractivity contribution in [1.29, 1.82) is 0 Å². The van der Waals surface area contributed by atoms with Crippen LogP contribution in [0.4, 0.5) is 0 Å². The minimum absolute atomic E-state index is 0.0347. The van der Waals surface area contributed by atoms with Crippen molar-refractivity contribution in [2.24, 2.45) is 0 Å². The van der Waals surface area contributed by atoms with Gasteiger partial charge in [0.15, 0.2) is 0 Å². The van der Waals surface area contributed by atoms with E-state index in [-0.39, 0.29) is 27.6 Å². The van der Waals surface area contributed by atoms with Crippen LogP contribution in [0.1, 0.15) is 20.7 Å². The van der Waals surface area contributed by atoms with Crippen LogP contribution in [-0.2, 0) is 0 Å². The molecular formula is C12H8O5. The molecule has 0 saturated carbocycles. The average Bonchev–Trinajstić information content (AvgIpc) is 2.28. The van der Waals surface area contributed by atoms with E-state index in [0.29, 0.717) is 0 Å². The van der Waals surface area contributed by atoms with E-state index in [1.165, 1.54) is 30.3 Å². The van der Waals surface area contributed by atoms with Gasteiger partial charge < -0.3 is 15.3 Å². The summed E-state index contributed by atoms with van der Waals surface area (Å²) >= 11 is 0. The summed E-state index contributed by atoms with van der Waals surface area (Å²) < 4.78 is 0. The number of aromatic hydroxyl groups is 1. The highest BCUT2D eigenvalue weighted by atomic mass is 16.4. The maximum atomic E-state index is 11.0. The fourth-order valence-corrected chi connectivity index (χ4v) is 1.75. The van der Waals surface area contributed by atoms with Gasteiger partial charge in [0.05, 0.1) is 11.1 Å². The monoisotopic (exact) mass is 232 g/mol. The standard InChI is InChI=1S/C12H8O5/c13-9-5-4-8(12(16)17)10-6(9)2-1-3-7(10)11(14)15/h1-5,13H,(H,14,15)(H,16,17). The third-order valence-electron chi connectivity index (χ3n) is 2.48. The number of carboxylic acids is 2. The molecule has 0 aliphatic rings. The van der Waals surface area contributed by atoms with Gasteiger partial charge in [-0.3, -0.25) is 0 Å². The Morgan fingerprint density at radius 3 is 2.06 bits per heavy atom. The molecule has 0 saturated heterocycles. The molecule has 2 aromatic rings. The maximum Gasteiger partial charge on any atom is 0.336 e. The maximum absolute atomic E-state index is 11.0. The number of carboxylic acid groups (broad SMARTS) is 2. The smallest absolute Gasteiger partial charge is 0.336 e. The number of aromatic carboxylic acids is 2. The van der Waals surface area contributed by atoms with Gasteiger partial charge in [0.25, 0.3) is 0 Å². The summed E-state index contributed by atoms with van der Waals surface area (Å²) in [6, 6.07) is 6.65. The van der Waals surface area contributed by atoms with Crippen LogP contribution < -0.4 is 0 Å². The lowest BCUT2D eigenvalue weighted by molar-refractivity contribution is 0.0695. The van der Waals surface area contributed by atoms with E-state index in [1.807, 2.05) is 0 Å². The highest BCUT2D eigenvalue weighted by molar-refractivity contribution is 6.13. The molecular weight excluding hydrogens is 224 g/mol. The van der Waals surface area contributed by atoms with Crippen molar-refractivity contribution < 1.29 is 24.9 Å². The van der Waals surface area contributed by atoms with E-state index in [1.54, 1.807) is 0 Å². The van der Waals surface area contributed by atoms with Gasteiger partial charge in [0.2, 0.25) is 0 Å². The molecule has 5 heteroatoms. The Balaban J connectivity index is 2.99. The zero-order valence-corrected chi connectivity index (χ0v) is 8.54. The number of benzene rings is 2. The molecule has 2 rings (SSSR count). The predicted molar refractivity (Wildman–Crippen MR) is 59.5 cm³/mol. The van der Waals surface area contributed by atoms with Crippen molar-refractivity contribution in [3.63, 3.8) is 0 Å². The molecule has 86 valence electrons. The van der Waals surface area contributed by atoms with E-state index < -0.39 is 11.9 Å². The summed E-state index contributed by atoms with van der Waals surface area (Å²) in [6.07, 6.45) is 0. The van der Waals surface area contributed by atoms with Crippen LogP contribution in [0.25, 0.3) is 10.8 Å². The minimum atomic E-state index is -1.23. The molecule has 0 aliphatic heterocycles.